The fraction of sp³-hybridized carbons (Fsp3) is 0.385. The standard InChI is InChI=1S/C26H25BrNO3S/c1-23(2)18-13-14-24(23)15-32(30)28-26(24)20(21(31-32)17-11-7-4-8-12-17)19(22(27)25(18,26)29)16-9-5-3-6-10-16/h3-12,18,29H,13-15H2,1-2H3,(H,28,30)/q+1/t18-,24-,25-,26-,32?/m0/s1. The van der Waals surface area contributed by atoms with E-state index in [-0.39, 0.29) is 16.7 Å². The lowest BCUT2D eigenvalue weighted by Gasteiger charge is -2.46. The molecule has 2 aromatic rings. The minimum atomic E-state index is -2.84. The molecule has 7 rings (SSSR count). The molecule has 5 aliphatic rings. The Hall–Kier alpha value is -1.73. The van der Waals surface area contributed by atoms with Gasteiger partial charge in [0.05, 0.1) is 5.41 Å². The molecule has 1 unspecified atom stereocenters. The van der Waals surface area contributed by atoms with Crippen molar-refractivity contribution in [1.29, 1.82) is 0 Å². The van der Waals surface area contributed by atoms with Gasteiger partial charge in [-0.1, -0.05) is 95.2 Å². The van der Waals surface area contributed by atoms with Crippen molar-refractivity contribution in [2.24, 2.45) is 16.7 Å². The second-order valence-electron chi connectivity index (χ2n) is 10.5. The normalized spacial score (nSPS) is 42.4. The highest BCUT2D eigenvalue weighted by Gasteiger charge is 2.94. The molecule has 0 aromatic heterocycles. The van der Waals surface area contributed by atoms with E-state index in [1.54, 1.807) is 0 Å². The van der Waals surface area contributed by atoms with Crippen LogP contribution in [0.25, 0.3) is 11.3 Å². The van der Waals surface area contributed by atoms with Crippen LogP contribution < -0.4 is 4.72 Å². The van der Waals surface area contributed by atoms with Crippen LogP contribution in [0.4, 0.5) is 0 Å². The number of rotatable bonds is 2. The molecule has 6 heteroatoms. The van der Waals surface area contributed by atoms with Crippen molar-refractivity contribution in [3.63, 3.8) is 0 Å². The van der Waals surface area contributed by atoms with Crippen molar-refractivity contribution in [2.45, 2.75) is 37.8 Å². The molecule has 2 spiro atoms. The minimum absolute atomic E-state index is 0.0483. The van der Waals surface area contributed by atoms with Gasteiger partial charge in [0, 0.05) is 27.1 Å². The van der Waals surface area contributed by atoms with E-state index in [0.717, 1.165) is 39.6 Å². The van der Waals surface area contributed by atoms with Crippen LogP contribution in [-0.4, -0.2) is 22.0 Å². The Morgan fingerprint density at radius 2 is 1.69 bits per heavy atom. The molecular formula is C26H25BrNO3S+. The number of hydrogen-bond acceptors (Lipinski definition) is 3. The van der Waals surface area contributed by atoms with Crippen LogP contribution in [0.2, 0.25) is 0 Å². The summed E-state index contributed by atoms with van der Waals surface area (Å²) in [6.45, 7) is 4.51. The molecule has 0 radical (unpaired) electrons. The smallest absolute Gasteiger partial charge is 0.334 e. The third kappa shape index (κ3) is 1.79. The van der Waals surface area contributed by atoms with Crippen LogP contribution >= 0.6 is 15.9 Å². The van der Waals surface area contributed by atoms with Crippen molar-refractivity contribution in [2.75, 3.05) is 5.75 Å². The number of fused-ring (bicyclic) bond motifs is 3. The fourth-order valence-corrected chi connectivity index (χ4v) is 11.9. The second-order valence-corrected chi connectivity index (χ2v) is 13.2. The maximum absolute atomic E-state index is 14.2. The van der Waals surface area contributed by atoms with Gasteiger partial charge in [-0.3, -0.25) is 4.18 Å². The minimum Gasteiger partial charge on any atom is -0.382 e. The Balaban J connectivity index is 1.66. The van der Waals surface area contributed by atoms with Gasteiger partial charge >= 0.3 is 10.4 Å². The monoisotopic (exact) mass is 510 g/mol. The maximum Gasteiger partial charge on any atom is 0.334 e. The lowest BCUT2D eigenvalue weighted by atomic mass is 9.58. The average molecular weight is 511 g/mol. The summed E-state index contributed by atoms with van der Waals surface area (Å²) in [5, 5.41) is 12.7. The topological polar surface area (TPSA) is 58.6 Å². The molecule has 2 heterocycles. The van der Waals surface area contributed by atoms with Crippen molar-refractivity contribution in [3.05, 3.63) is 81.8 Å². The van der Waals surface area contributed by atoms with E-state index in [1.165, 1.54) is 0 Å². The molecule has 1 saturated heterocycles. The molecule has 2 aliphatic heterocycles. The lowest BCUT2D eigenvalue weighted by Crippen LogP contribution is -2.67. The molecule has 2 N–H and O–H groups in total. The summed E-state index contributed by atoms with van der Waals surface area (Å²) in [5.41, 5.74) is 1.25. The van der Waals surface area contributed by atoms with Crippen LogP contribution in [0.5, 0.6) is 0 Å². The van der Waals surface area contributed by atoms with Gasteiger partial charge in [0.15, 0.2) is 5.75 Å². The van der Waals surface area contributed by atoms with Gasteiger partial charge in [0.25, 0.3) is 0 Å². The molecule has 32 heavy (non-hydrogen) atoms. The van der Waals surface area contributed by atoms with Gasteiger partial charge in [-0.15, -0.1) is 0 Å². The van der Waals surface area contributed by atoms with Gasteiger partial charge in [0.2, 0.25) is 5.76 Å². The molecule has 5 atom stereocenters. The Labute approximate surface area is 197 Å². The van der Waals surface area contributed by atoms with Crippen LogP contribution in [0.1, 0.15) is 37.8 Å². The average Bonchev–Trinajstić information content (AvgIpc) is 3.30. The Kier molecular flexibility index (Phi) is 3.49. The quantitative estimate of drug-likeness (QED) is 0.553. The fourth-order valence-electron chi connectivity index (χ4n) is 8.03. The Morgan fingerprint density at radius 1 is 1.06 bits per heavy atom. The highest BCUT2D eigenvalue weighted by Crippen LogP contribution is 2.84. The highest BCUT2D eigenvalue weighted by molar-refractivity contribution is 9.12. The van der Waals surface area contributed by atoms with E-state index in [0.29, 0.717) is 11.5 Å². The molecule has 4 nitrogen and oxygen atoms in total. The summed E-state index contributed by atoms with van der Waals surface area (Å²) >= 11 is 3.91. The zero-order valence-electron chi connectivity index (χ0n) is 18.0. The first-order valence-corrected chi connectivity index (χ1v) is 13.7. The van der Waals surface area contributed by atoms with E-state index in [4.69, 9.17) is 4.18 Å². The summed E-state index contributed by atoms with van der Waals surface area (Å²) in [6, 6.07) is 20.1. The molecule has 3 fully saturated rings. The molecule has 0 amide bonds. The summed E-state index contributed by atoms with van der Waals surface area (Å²) in [5.74, 6) is 1.11. The van der Waals surface area contributed by atoms with Crippen molar-refractivity contribution in [3.8, 4) is 0 Å². The molecule has 164 valence electrons. The predicted molar refractivity (Wildman–Crippen MR) is 129 cm³/mol. The maximum atomic E-state index is 14.2. The van der Waals surface area contributed by atoms with Crippen LogP contribution in [0.3, 0.4) is 0 Å². The van der Waals surface area contributed by atoms with Gasteiger partial charge in [0.1, 0.15) is 11.1 Å². The van der Waals surface area contributed by atoms with Crippen molar-refractivity contribution >= 4 is 37.7 Å². The summed E-state index contributed by atoms with van der Waals surface area (Å²) in [4.78, 5) is 0. The van der Waals surface area contributed by atoms with Crippen LogP contribution in [-0.2, 0) is 18.8 Å². The lowest BCUT2D eigenvalue weighted by molar-refractivity contribution is -0.0340. The van der Waals surface area contributed by atoms with E-state index < -0.39 is 21.5 Å². The third-order valence-electron chi connectivity index (χ3n) is 9.23. The Morgan fingerprint density at radius 3 is 2.34 bits per heavy atom. The number of aliphatic hydroxyl groups is 1. The molecule has 4 bridgehead atoms. The first-order valence-electron chi connectivity index (χ1n) is 11.2. The van der Waals surface area contributed by atoms with Crippen molar-refractivity contribution < 1.29 is 13.5 Å². The number of benzene rings is 2. The summed E-state index contributed by atoms with van der Waals surface area (Å²) in [6.07, 6.45) is 1.84. The number of hydrogen-bond donors (Lipinski definition) is 2. The molecule has 2 aromatic carbocycles. The predicted octanol–water partition coefficient (Wildman–Crippen LogP) is 5.09. The first kappa shape index (κ1) is 19.7. The number of halogens is 1. The van der Waals surface area contributed by atoms with E-state index in [2.05, 4.69) is 46.6 Å². The molecule has 2 saturated carbocycles. The van der Waals surface area contributed by atoms with Gasteiger partial charge in [-0.05, 0) is 28.0 Å². The van der Waals surface area contributed by atoms with E-state index in [1.807, 2.05) is 48.5 Å². The molecule has 3 aliphatic carbocycles. The first-order chi connectivity index (χ1) is 15.2. The van der Waals surface area contributed by atoms with Gasteiger partial charge in [-0.25, -0.2) is 0 Å². The third-order valence-corrected chi connectivity index (χ3v) is 12.2. The van der Waals surface area contributed by atoms with E-state index >= 15 is 0 Å². The summed E-state index contributed by atoms with van der Waals surface area (Å²) in [7, 11) is -2.84. The second kappa shape index (κ2) is 5.66. The Bertz CT molecular complexity index is 1300. The number of nitrogens with one attached hydrogen (secondary N) is 1. The largest absolute Gasteiger partial charge is 0.382 e. The van der Waals surface area contributed by atoms with Crippen LogP contribution in [0, 0.1) is 16.7 Å². The highest BCUT2D eigenvalue weighted by atomic mass is 79.9. The SMILES string of the molecule is CC1(C)[C@@H]2CC[C@]13C[S+]1(=O)N[C@@]34C(=C(c3ccccc3)O1)C(c1ccccc1)=C(Br)[C@@]24O. The zero-order valence-corrected chi connectivity index (χ0v) is 20.4. The van der Waals surface area contributed by atoms with Crippen molar-refractivity contribution in [1.82, 2.24) is 4.72 Å². The van der Waals surface area contributed by atoms with Crippen LogP contribution in [0.15, 0.2) is 70.7 Å². The van der Waals surface area contributed by atoms with E-state index in [9.17, 15) is 9.32 Å². The van der Waals surface area contributed by atoms with Gasteiger partial charge < -0.3 is 5.11 Å². The zero-order chi connectivity index (χ0) is 22.1. The van der Waals surface area contributed by atoms with Gasteiger partial charge in [-0.2, -0.15) is 0 Å². The molecular weight excluding hydrogens is 486 g/mol. The summed E-state index contributed by atoms with van der Waals surface area (Å²) < 4.78 is 24.9.